The molecule has 0 heterocycles. The Morgan fingerprint density at radius 2 is 1.49 bits per heavy atom. The molecule has 0 radical (unpaired) electrons. The maximum Gasteiger partial charge on any atom is 0.240 e. The van der Waals surface area contributed by atoms with Gasteiger partial charge in [0.15, 0.2) is 11.5 Å². The molecule has 0 atom stereocenters. The van der Waals surface area contributed by atoms with Crippen LogP contribution in [-0.4, -0.2) is 35.1 Å². The van der Waals surface area contributed by atoms with Gasteiger partial charge in [0.2, 0.25) is 15.9 Å². The van der Waals surface area contributed by atoms with E-state index < -0.39 is 10.0 Å². The topological polar surface area (TPSA) is 103 Å². The van der Waals surface area contributed by atoms with E-state index in [9.17, 15) is 13.2 Å². The van der Waals surface area contributed by atoms with E-state index in [4.69, 9.17) is 14.2 Å². The van der Waals surface area contributed by atoms with E-state index in [0.717, 1.165) is 16.7 Å². The van der Waals surface area contributed by atoms with Crippen LogP contribution in [0.2, 0.25) is 0 Å². The second kappa shape index (κ2) is 12.9. The molecule has 0 bridgehead atoms. The molecular formula is C26H30N2O6S. The van der Waals surface area contributed by atoms with E-state index in [1.54, 1.807) is 0 Å². The van der Waals surface area contributed by atoms with Gasteiger partial charge in [-0.3, -0.25) is 4.79 Å². The lowest BCUT2D eigenvalue weighted by molar-refractivity contribution is -0.121. The average molecular weight is 499 g/mol. The Hall–Kier alpha value is -3.40. The molecular weight excluding hydrogens is 468 g/mol. The lowest BCUT2D eigenvalue weighted by Gasteiger charge is -2.11. The van der Waals surface area contributed by atoms with Crippen LogP contribution < -0.4 is 19.5 Å². The number of ether oxygens (including phenoxy) is 3. The molecule has 0 aliphatic heterocycles. The van der Waals surface area contributed by atoms with Crippen molar-refractivity contribution < 1.29 is 27.4 Å². The van der Waals surface area contributed by atoms with Crippen LogP contribution in [0.25, 0.3) is 0 Å². The first-order valence-electron chi connectivity index (χ1n) is 11.1. The molecule has 3 aromatic rings. The Morgan fingerprint density at radius 1 is 0.800 bits per heavy atom. The molecule has 0 saturated heterocycles. The zero-order chi connectivity index (χ0) is 25.1. The Bertz CT molecular complexity index is 1220. The van der Waals surface area contributed by atoms with Gasteiger partial charge in [-0.05, 0) is 28.8 Å². The number of nitrogens with one attached hydrogen (secondary N) is 2. The minimum Gasteiger partial charge on any atom is -0.493 e. The summed E-state index contributed by atoms with van der Waals surface area (Å²) in [6.45, 7) is 1.30. The fourth-order valence-electron chi connectivity index (χ4n) is 3.35. The van der Waals surface area contributed by atoms with Crippen molar-refractivity contribution in [2.45, 2.75) is 31.1 Å². The third-order valence-electron chi connectivity index (χ3n) is 5.17. The molecule has 8 nitrogen and oxygen atoms in total. The van der Waals surface area contributed by atoms with Crippen molar-refractivity contribution in [1.82, 2.24) is 10.0 Å². The van der Waals surface area contributed by atoms with Crippen LogP contribution in [0.15, 0.2) is 77.7 Å². The van der Waals surface area contributed by atoms with Crippen molar-refractivity contribution in [3.63, 3.8) is 0 Å². The van der Waals surface area contributed by atoms with Crippen molar-refractivity contribution in [1.29, 1.82) is 0 Å². The average Bonchev–Trinajstić information content (AvgIpc) is 2.88. The van der Waals surface area contributed by atoms with Gasteiger partial charge < -0.3 is 19.5 Å². The predicted molar refractivity (Wildman–Crippen MR) is 133 cm³/mol. The first-order valence-corrected chi connectivity index (χ1v) is 12.6. The largest absolute Gasteiger partial charge is 0.493 e. The molecule has 0 fully saturated rings. The maximum absolute atomic E-state index is 12.5. The molecule has 0 aromatic heterocycles. The lowest BCUT2D eigenvalue weighted by atomic mass is 10.1. The van der Waals surface area contributed by atoms with Gasteiger partial charge in [0.05, 0.1) is 32.3 Å². The molecule has 3 rings (SSSR count). The summed E-state index contributed by atoms with van der Waals surface area (Å²) >= 11 is 0. The predicted octanol–water partition coefficient (Wildman–Crippen LogP) is 3.41. The van der Waals surface area contributed by atoms with Crippen LogP contribution in [0.1, 0.15) is 23.1 Å². The van der Waals surface area contributed by atoms with Crippen molar-refractivity contribution in [3.8, 4) is 11.5 Å². The molecule has 0 spiro atoms. The molecule has 9 heteroatoms. The number of amides is 1. The summed E-state index contributed by atoms with van der Waals surface area (Å²) in [6.07, 6.45) is 0.00635. The number of carbonyl (C=O) groups is 1. The molecule has 3 aromatic carbocycles. The van der Waals surface area contributed by atoms with Crippen molar-refractivity contribution >= 4 is 15.9 Å². The van der Waals surface area contributed by atoms with E-state index in [-0.39, 0.29) is 23.8 Å². The van der Waals surface area contributed by atoms with Gasteiger partial charge in [-0.1, -0.05) is 54.6 Å². The van der Waals surface area contributed by atoms with Crippen LogP contribution in [0, 0.1) is 0 Å². The smallest absolute Gasteiger partial charge is 0.240 e. The molecule has 0 aliphatic carbocycles. The SMILES string of the molecule is COc1ccc(S(=O)(=O)NCCC(=O)NCc2cccc(COCc3ccccc3)c2)cc1OC. The summed E-state index contributed by atoms with van der Waals surface area (Å²) in [5.41, 5.74) is 3.05. The molecule has 35 heavy (non-hydrogen) atoms. The van der Waals surface area contributed by atoms with E-state index in [1.165, 1.54) is 32.4 Å². The Balaban J connectivity index is 1.43. The van der Waals surface area contributed by atoms with Crippen LogP contribution in [-0.2, 0) is 39.3 Å². The second-order valence-corrected chi connectivity index (χ2v) is 9.51. The van der Waals surface area contributed by atoms with Gasteiger partial charge in [-0.2, -0.15) is 0 Å². The summed E-state index contributed by atoms with van der Waals surface area (Å²) in [5, 5.41) is 2.82. The standard InChI is InChI=1S/C26H30N2O6S/c1-32-24-12-11-23(16-25(24)33-2)35(30,31)28-14-13-26(29)27-17-21-9-6-10-22(15-21)19-34-18-20-7-4-3-5-8-20/h3-12,15-16,28H,13-14,17-19H2,1-2H3,(H,27,29). The Labute approximate surface area is 206 Å². The van der Waals surface area contributed by atoms with E-state index >= 15 is 0 Å². The van der Waals surface area contributed by atoms with Crippen LogP contribution in [0.5, 0.6) is 11.5 Å². The highest BCUT2D eigenvalue weighted by Crippen LogP contribution is 2.29. The number of carbonyl (C=O) groups excluding carboxylic acids is 1. The van der Waals surface area contributed by atoms with Gasteiger partial charge in [-0.25, -0.2) is 13.1 Å². The Kier molecular flexibility index (Phi) is 9.66. The van der Waals surface area contributed by atoms with Crippen molar-refractivity contribution in [2.75, 3.05) is 20.8 Å². The van der Waals surface area contributed by atoms with E-state index in [2.05, 4.69) is 10.0 Å². The number of sulfonamides is 1. The van der Waals surface area contributed by atoms with Gasteiger partial charge in [0.25, 0.3) is 0 Å². The van der Waals surface area contributed by atoms with E-state index in [1.807, 2.05) is 54.6 Å². The molecule has 186 valence electrons. The lowest BCUT2D eigenvalue weighted by Crippen LogP contribution is -2.30. The summed E-state index contributed by atoms with van der Waals surface area (Å²) in [5.74, 6) is 0.476. The molecule has 0 aliphatic rings. The van der Waals surface area contributed by atoms with Gasteiger partial charge >= 0.3 is 0 Å². The molecule has 0 unspecified atom stereocenters. The molecule has 2 N–H and O–H groups in total. The number of rotatable bonds is 13. The number of methoxy groups -OCH3 is 2. The number of hydrogen-bond donors (Lipinski definition) is 2. The summed E-state index contributed by atoms with van der Waals surface area (Å²) in [6, 6.07) is 22.0. The highest BCUT2D eigenvalue weighted by molar-refractivity contribution is 7.89. The second-order valence-electron chi connectivity index (χ2n) is 7.74. The third kappa shape index (κ3) is 8.10. The van der Waals surface area contributed by atoms with Gasteiger partial charge in [0.1, 0.15) is 0 Å². The summed E-state index contributed by atoms with van der Waals surface area (Å²) in [7, 11) is -0.894. The summed E-state index contributed by atoms with van der Waals surface area (Å²) < 4.78 is 43.5. The van der Waals surface area contributed by atoms with Crippen molar-refractivity contribution in [2.24, 2.45) is 0 Å². The van der Waals surface area contributed by atoms with Crippen LogP contribution in [0.4, 0.5) is 0 Å². The highest BCUT2D eigenvalue weighted by atomic mass is 32.2. The highest BCUT2D eigenvalue weighted by Gasteiger charge is 2.17. The fraction of sp³-hybridized carbons (Fsp3) is 0.269. The van der Waals surface area contributed by atoms with Crippen molar-refractivity contribution in [3.05, 3.63) is 89.5 Å². The zero-order valence-electron chi connectivity index (χ0n) is 19.8. The molecule has 1 amide bonds. The fourth-order valence-corrected chi connectivity index (χ4v) is 4.39. The maximum atomic E-state index is 12.5. The first kappa shape index (κ1) is 26.2. The van der Waals surface area contributed by atoms with E-state index in [0.29, 0.717) is 31.3 Å². The minimum absolute atomic E-state index is 0.00635. The Morgan fingerprint density at radius 3 is 2.23 bits per heavy atom. The quantitative estimate of drug-likeness (QED) is 0.374. The third-order valence-corrected chi connectivity index (χ3v) is 6.63. The monoisotopic (exact) mass is 498 g/mol. The van der Waals surface area contributed by atoms with Crippen LogP contribution >= 0.6 is 0 Å². The zero-order valence-corrected chi connectivity index (χ0v) is 20.6. The van der Waals surface area contributed by atoms with Crippen LogP contribution in [0.3, 0.4) is 0 Å². The number of hydrogen-bond acceptors (Lipinski definition) is 6. The van der Waals surface area contributed by atoms with Gasteiger partial charge in [0, 0.05) is 25.6 Å². The normalized spacial score (nSPS) is 11.1. The first-order chi connectivity index (χ1) is 16.9. The minimum atomic E-state index is -3.79. The number of benzene rings is 3. The summed E-state index contributed by atoms with van der Waals surface area (Å²) in [4.78, 5) is 12.3. The molecule has 0 saturated carbocycles. The van der Waals surface area contributed by atoms with Gasteiger partial charge in [-0.15, -0.1) is 0 Å².